The molecule has 2 unspecified atom stereocenters. The molecule has 1 aromatic carbocycles. The van der Waals surface area contributed by atoms with Gasteiger partial charge >= 0.3 is 5.97 Å². The Morgan fingerprint density at radius 1 is 1.32 bits per heavy atom. The predicted octanol–water partition coefficient (Wildman–Crippen LogP) is 2.03. The second kappa shape index (κ2) is 5.83. The molecule has 2 heterocycles. The molecular formula is C17H19NO4. The Balaban J connectivity index is 1.73. The van der Waals surface area contributed by atoms with Crippen molar-refractivity contribution in [2.45, 2.75) is 13.3 Å². The summed E-state index contributed by atoms with van der Waals surface area (Å²) >= 11 is 0. The molecule has 5 nitrogen and oxygen atoms in total. The Labute approximate surface area is 129 Å². The molecule has 0 radical (unpaired) electrons. The summed E-state index contributed by atoms with van der Waals surface area (Å²) in [5.41, 5.74) is 1.53. The number of para-hydroxylation sites is 1. The van der Waals surface area contributed by atoms with E-state index < -0.39 is 5.97 Å². The quantitative estimate of drug-likeness (QED) is 0.907. The highest BCUT2D eigenvalue weighted by Crippen LogP contribution is 2.29. The van der Waals surface area contributed by atoms with Gasteiger partial charge in [-0.1, -0.05) is 25.1 Å². The summed E-state index contributed by atoms with van der Waals surface area (Å²) in [5, 5.41) is 9.16. The van der Waals surface area contributed by atoms with Crippen molar-refractivity contribution in [1.82, 2.24) is 4.90 Å². The number of rotatable bonds is 2. The third-order valence-corrected chi connectivity index (χ3v) is 4.42. The van der Waals surface area contributed by atoms with Crippen LogP contribution < -0.4 is 4.74 Å². The molecule has 1 saturated heterocycles. The molecule has 2 aliphatic heterocycles. The first-order valence-corrected chi connectivity index (χ1v) is 7.50. The molecule has 2 aliphatic rings. The molecule has 3 rings (SSSR count). The summed E-state index contributed by atoms with van der Waals surface area (Å²) in [6.07, 6.45) is 2.38. The van der Waals surface area contributed by atoms with Gasteiger partial charge in [0, 0.05) is 18.7 Å². The van der Waals surface area contributed by atoms with E-state index in [1.807, 2.05) is 37.3 Å². The summed E-state index contributed by atoms with van der Waals surface area (Å²) in [6.45, 7) is 3.12. The lowest BCUT2D eigenvalue weighted by atomic mass is 9.86. The van der Waals surface area contributed by atoms with Crippen LogP contribution in [0.5, 0.6) is 5.75 Å². The largest absolute Gasteiger partial charge is 0.488 e. The minimum Gasteiger partial charge on any atom is -0.488 e. The van der Waals surface area contributed by atoms with Gasteiger partial charge in [0.05, 0.1) is 11.5 Å². The van der Waals surface area contributed by atoms with Crippen LogP contribution in [0.1, 0.15) is 18.9 Å². The fourth-order valence-corrected chi connectivity index (χ4v) is 3.14. The molecule has 1 amide bonds. The Kier molecular flexibility index (Phi) is 3.88. The van der Waals surface area contributed by atoms with Gasteiger partial charge in [-0.15, -0.1) is 0 Å². The smallest absolute Gasteiger partial charge is 0.306 e. The van der Waals surface area contributed by atoms with Gasteiger partial charge in [0.1, 0.15) is 12.4 Å². The maximum absolute atomic E-state index is 12.6. The maximum atomic E-state index is 12.6. The Hall–Kier alpha value is -2.30. The number of carbonyl (C=O) groups is 2. The summed E-state index contributed by atoms with van der Waals surface area (Å²) in [6, 6.07) is 7.61. The number of likely N-dealkylation sites (tertiary alicyclic amines) is 1. The number of hydrogen-bond donors (Lipinski definition) is 1. The fourth-order valence-electron chi connectivity index (χ4n) is 3.14. The standard InChI is InChI=1S/C17H19NO4/c1-11-9-18(7-6-14(11)17(20)21)16(19)13-8-12-4-2-3-5-15(12)22-10-13/h2-5,8,11,14H,6-7,9-10H2,1H3,(H,20,21). The number of nitrogens with zero attached hydrogens (tertiary/aromatic N) is 1. The number of fused-ring (bicyclic) bond motifs is 1. The number of amides is 1. The molecule has 2 atom stereocenters. The fraction of sp³-hybridized carbons (Fsp3) is 0.412. The second-order valence-electron chi connectivity index (χ2n) is 5.96. The van der Waals surface area contributed by atoms with E-state index in [4.69, 9.17) is 9.84 Å². The van der Waals surface area contributed by atoms with Crippen molar-refractivity contribution >= 4 is 18.0 Å². The van der Waals surface area contributed by atoms with Crippen molar-refractivity contribution in [1.29, 1.82) is 0 Å². The molecule has 116 valence electrons. The van der Waals surface area contributed by atoms with Crippen LogP contribution in [0.25, 0.3) is 6.08 Å². The Morgan fingerprint density at radius 3 is 2.82 bits per heavy atom. The minimum absolute atomic E-state index is 0.0346. The number of aliphatic carboxylic acids is 1. The van der Waals surface area contributed by atoms with Crippen LogP contribution in [0.15, 0.2) is 29.8 Å². The number of benzene rings is 1. The first kappa shape index (κ1) is 14.6. The first-order valence-electron chi connectivity index (χ1n) is 7.50. The molecular weight excluding hydrogens is 282 g/mol. The summed E-state index contributed by atoms with van der Waals surface area (Å²) in [4.78, 5) is 25.5. The van der Waals surface area contributed by atoms with Crippen molar-refractivity contribution in [2.75, 3.05) is 19.7 Å². The lowest BCUT2D eigenvalue weighted by molar-refractivity contribution is -0.147. The van der Waals surface area contributed by atoms with E-state index in [1.54, 1.807) is 4.90 Å². The molecule has 1 N–H and O–H groups in total. The predicted molar refractivity (Wildman–Crippen MR) is 81.4 cm³/mol. The van der Waals surface area contributed by atoms with Crippen LogP contribution in [0.3, 0.4) is 0 Å². The van der Waals surface area contributed by atoms with E-state index in [9.17, 15) is 9.59 Å². The minimum atomic E-state index is -0.770. The molecule has 0 saturated carbocycles. The Morgan fingerprint density at radius 2 is 2.09 bits per heavy atom. The van der Waals surface area contributed by atoms with Crippen LogP contribution >= 0.6 is 0 Å². The van der Waals surface area contributed by atoms with Crippen LogP contribution in [-0.4, -0.2) is 41.6 Å². The number of carboxylic acid groups (broad SMARTS) is 1. The molecule has 0 spiro atoms. The van der Waals surface area contributed by atoms with Gasteiger partial charge in [0.15, 0.2) is 0 Å². The Bertz CT molecular complexity index is 637. The molecule has 0 aliphatic carbocycles. The third-order valence-electron chi connectivity index (χ3n) is 4.42. The zero-order valence-corrected chi connectivity index (χ0v) is 12.5. The average molecular weight is 301 g/mol. The highest BCUT2D eigenvalue weighted by atomic mass is 16.5. The average Bonchev–Trinajstić information content (AvgIpc) is 2.53. The van der Waals surface area contributed by atoms with Gasteiger partial charge in [-0.3, -0.25) is 9.59 Å². The van der Waals surface area contributed by atoms with Crippen LogP contribution in [0, 0.1) is 11.8 Å². The molecule has 22 heavy (non-hydrogen) atoms. The highest BCUT2D eigenvalue weighted by Gasteiger charge is 2.34. The van der Waals surface area contributed by atoms with Gasteiger partial charge in [-0.25, -0.2) is 0 Å². The van der Waals surface area contributed by atoms with Gasteiger partial charge in [-0.05, 0) is 24.5 Å². The normalized spacial score (nSPS) is 24.0. The van der Waals surface area contributed by atoms with Gasteiger partial charge < -0.3 is 14.7 Å². The third kappa shape index (κ3) is 2.71. The molecule has 5 heteroatoms. The summed E-state index contributed by atoms with van der Waals surface area (Å²) in [5.74, 6) is -0.426. The van der Waals surface area contributed by atoms with E-state index in [0.717, 1.165) is 11.3 Å². The number of carboxylic acids is 1. The molecule has 0 aromatic heterocycles. The van der Waals surface area contributed by atoms with E-state index in [2.05, 4.69) is 0 Å². The zero-order chi connectivity index (χ0) is 15.7. The first-order chi connectivity index (χ1) is 10.6. The monoisotopic (exact) mass is 301 g/mol. The van der Waals surface area contributed by atoms with Crippen molar-refractivity contribution in [3.63, 3.8) is 0 Å². The van der Waals surface area contributed by atoms with Gasteiger partial charge in [0.25, 0.3) is 5.91 Å². The van der Waals surface area contributed by atoms with Crippen molar-refractivity contribution in [3.8, 4) is 5.75 Å². The topological polar surface area (TPSA) is 66.8 Å². The summed E-state index contributed by atoms with van der Waals surface area (Å²) in [7, 11) is 0. The van der Waals surface area contributed by atoms with E-state index in [1.165, 1.54) is 0 Å². The molecule has 0 bridgehead atoms. The number of hydrogen-bond acceptors (Lipinski definition) is 3. The summed E-state index contributed by atoms with van der Waals surface area (Å²) < 4.78 is 5.62. The van der Waals surface area contributed by atoms with Crippen molar-refractivity contribution < 1.29 is 19.4 Å². The van der Waals surface area contributed by atoms with Crippen LogP contribution in [0.2, 0.25) is 0 Å². The SMILES string of the molecule is CC1CN(C(=O)C2=Cc3ccccc3OC2)CCC1C(=O)O. The van der Waals surface area contributed by atoms with Gasteiger partial charge in [-0.2, -0.15) is 0 Å². The van der Waals surface area contributed by atoms with Crippen molar-refractivity contribution in [2.24, 2.45) is 11.8 Å². The highest BCUT2D eigenvalue weighted by molar-refractivity contribution is 5.99. The van der Waals surface area contributed by atoms with E-state index >= 15 is 0 Å². The van der Waals surface area contributed by atoms with Crippen molar-refractivity contribution in [3.05, 3.63) is 35.4 Å². The second-order valence-corrected chi connectivity index (χ2v) is 5.96. The van der Waals surface area contributed by atoms with E-state index in [-0.39, 0.29) is 24.3 Å². The lowest BCUT2D eigenvalue weighted by Gasteiger charge is -2.35. The van der Waals surface area contributed by atoms with Gasteiger partial charge in [0.2, 0.25) is 0 Å². The maximum Gasteiger partial charge on any atom is 0.306 e. The molecule has 1 aromatic rings. The molecule has 1 fully saturated rings. The van der Waals surface area contributed by atoms with Crippen LogP contribution in [0.4, 0.5) is 0 Å². The zero-order valence-electron chi connectivity index (χ0n) is 12.5. The number of carbonyl (C=O) groups excluding carboxylic acids is 1. The van der Waals surface area contributed by atoms with Crippen LogP contribution in [-0.2, 0) is 9.59 Å². The number of piperidine rings is 1. The number of ether oxygens (including phenoxy) is 1. The lowest BCUT2D eigenvalue weighted by Crippen LogP contribution is -2.46. The van der Waals surface area contributed by atoms with E-state index in [0.29, 0.717) is 25.1 Å².